The number of fused-ring (bicyclic) bond motifs is 1. The number of hydrogen-bond acceptors (Lipinski definition) is 9. The van der Waals surface area contributed by atoms with Crippen LogP contribution in [0.4, 0.5) is 15.4 Å². The van der Waals surface area contributed by atoms with Gasteiger partial charge in [-0.25, -0.2) is 19.4 Å². The van der Waals surface area contributed by atoms with Crippen LogP contribution < -0.4 is 15.5 Å². The van der Waals surface area contributed by atoms with Crippen molar-refractivity contribution >= 4 is 29.9 Å². The van der Waals surface area contributed by atoms with Crippen LogP contribution in [-0.4, -0.2) is 85.4 Å². The Labute approximate surface area is 272 Å². The minimum atomic E-state index is -0.885. The number of pyridine rings is 1. The first-order valence-electron chi connectivity index (χ1n) is 16.0. The molecule has 0 radical (unpaired) electrons. The molecule has 1 aliphatic rings. The number of carbonyl (C=O) groups excluding carboxylic acids is 4. The van der Waals surface area contributed by atoms with E-state index in [1.165, 1.54) is 14.0 Å². The van der Waals surface area contributed by atoms with E-state index >= 15 is 0 Å². The zero-order valence-corrected chi connectivity index (χ0v) is 27.8. The number of hydrogen-bond donors (Lipinski definition) is 2. The highest BCUT2D eigenvalue weighted by atomic mass is 16.6. The number of nitrogens with one attached hydrogen (secondary N) is 2. The van der Waals surface area contributed by atoms with Gasteiger partial charge in [0.25, 0.3) is 0 Å². The quantitative estimate of drug-likeness (QED) is 0.165. The molecule has 0 saturated heterocycles. The zero-order chi connectivity index (χ0) is 33.5. The van der Waals surface area contributed by atoms with E-state index in [-0.39, 0.29) is 18.6 Å². The third-order valence-corrected chi connectivity index (χ3v) is 7.39. The summed E-state index contributed by atoms with van der Waals surface area (Å²) in [4.78, 5) is 57.9. The number of methoxy groups -OCH3 is 1. The number of nitrogens with zero attached hydrogens (tertiary/aromatic N) is 3. The molecule has 0 fully saturated rings. The van der Waals surface area contributed by atoms with Crippen LogP contribution in [0, 0.1) is 0 Å². The Bertz CT molecular complexity index is 1300. The maximum Gasteiger partial charge on any atom is 0.416 e. The number of anilines is 1. The molecular formula is C34H49N5O7. The summed E-state index contributed by atoms with van der Waals surface area (Å²) in [6, 6.07) is 12.5. The summed E-state index contributed by atoms with van der Waals surface area (Å²) in [6.45, 7) is 9.92. The smallest absolute Gasteiger partial charge is 0.416 e. The molecule has 2 aromatic rings. The molecule has 252 valence electrons. The van der Waals surface area contributed by atoms with Crippen molar-refractivity contribution in [3.63, 3.8) is 0 Å². The molecule has 1 aromatic heterocycles. The molecule has 12 nitrogen and oxygen atoms in total. The van der Waals surface area contributed by atoms with E-state index in [1.807, 2.05) is 57.2 Å². The topological polar surface area (TPSA) is 139 Å². The number of rotatable bonds is 15. The number of unbranched alkanes of at least 4 members (excludes halogenated alkanes) is 1. The van der Waals surface area contributed by atoms with E-state index < -0.39 is 23.7 Å². The molecule has 46 heavy (non-hydrogen) atoms. The number of amides is 3. The van der Waals surface area contributed by atoms with Crippen molar-refractivity contribution in [2.45, 2.75) is 84.5 Å². The number of aromatic nitrogens is 1. The Morgan fingerprint density at radius 3 is 2.48 bits per heavy atom. The lowest BCUT2D eigenvalue weighted by molar-refractivity contribution is -0.143. The molecular weight excluding hydrogens is 590 g/mol. The van der Waals surface area contributed by atoms with Crippen molar-refractivity contribution in [1.82, 2.24) is 20.5 Å². The van der Waals surface area contributed by atoms with Crippen molar-refractivity contribution < 1.29 is 33.4 Å². The summed E-state index contributed by atoms with van der Waals surface area (Å²) in [7, 11) is 1.28. The fraction of sp³-hybridized carbons (Fsp3) is 0.559. The Balaban J connectivity index is 1.55. The molecule has 0 spiro atoms. The summed E-state index contributed by atoms with van der Waals surface area (Å²) in [6.07, 6.45) is 3.38. The van der Waals surface area contributed by atoms with Crippen LogP contribution in [0.15, 0.2) is 42.5 Å². The van der Waals surface area contributed by atoms with E-state index in [4.69, 9.17) is 19.2 Å². The van der Waals surface area contributed by atoms with Crippen molar-refractivity contribution in [3.05, 3.63) is 59.3 Å². The van der Waals surface area contributed by atoms with Crippen molar-refractivity contribution in [2.24, 2.45) is 0 Å². The molecule has 3 rings (SSSR count). The molecule has 0 aliphatic carbocycles. The van der Waals surface area contributed by atoms with Crippen molar-refractivity contribution in [1.29, 1.82) is 0 Å². The highest BCUT2D eigenvalue weighted by Crippen LogP contribution is 2.27. The Kier molecular flexibility index (Phi) is 14.3. The highest BCUT2D eigenvalue weighted by Gasteiger charge is 2.29. The number of carbonyl (C=O) groups is 4. The van der Waals surface area contributed by atoms with E-state index in [2.05, 4.69) is 21.6 Å². The second-order valence-corrected chi connectivity index (χ2v) is 12.4. The normalized spacial score (nSPS) is 13.4. The van der Waals surface area contributed by atoms with Gasteiger partial charge in [-0.05, 0) is 83.0 Å². The minimum Gasteiger partial charge on any atom is -0.467 e. The van der Waals surface area contributed by atoms with Gasteiger partial charge in [0.05, 0.1) is 7.11 Å². The summed E-state index contributed by atoms with van der Waals surface area (Å²) in [5.41, 5.74) is 2.20. The van der Waals surface area contributed by atoms with Gasteiger partial charge in [0.15, 0.2) is 0 Å². The van der Waals surface area contributed by atoms with Gasteiger partial charge in [-0.3, -0.25) is 9.69 Å². The van der Waals surface area contributed by atoms with E-state index in [1.54, 1.807) is 4.90 Å². The van der Waals surface area contributed by atoms with Gasteiger partial charge in [-0.2, -0.15) is 0 Å². The standard InChI is InChI=1S/C34H49N5O7/c1-25(40)35-19-23-38(22-18-29(31(41)44-5)37-32(42)45-24-26-12-7-6-8-13-26)20-10-9-15-28-17-16-27-14-11-21-39(30(27)36-28)33(43)46-34(2,3)4/h6-8,12-13,16-17,29H,9-11,14-15,18-24H2,1-5H3,(H,35,40)(H,37,42). The molecule has 2 heterocycles. The van der Waals surface area contributed by atoms with E-state index in [9.17, 15) is 19.2 Å². The highest BCUT2D eigenvalue weighted by molar-refractivity contribution is 5.88. The fourth-order valence-electron chi connectivity index (χ4n) is 5.09. The monoisotopic (exact) mass is 639 g/mol. The molecule has 0 bridgehead atoms. The average Bonchev–Trinajstić information content (AvgIpc) is 3.02. The molecule has 0 saturated carbocycles. The maximum atomic E-state index is 12.8. The van der Waals surface area contributed by atoms with Crippen LogP contribution in [0.1, 0.15) is 70.2 Å². The van der Waals surface area contributed by atoms with Crippen molar-refractivity contribution in [2.75, 3.05) is 44.7 Å². The number of aryl methyl sites for hydroxylation is 2. The summed E-state index contributed by atoms with van der Waals surface area (Å²) in [5, 5.41) is 5.45. The van der Waals surface area contributed by atoms with Crippen molar-refractivity contribution in [3.8, 4) is 0 Å². The Morgan fingerprint density at radius 1 is 1.02 bits per heavy atom. The zero-order valence-electron chi connectivity index (χ0n) is 27.8. The first-order chi connectivity index (χ1) is 21.9. The molecule has 2 N–H and O–H groups in total. The minimum absolute atomic E-state index is 0.0848. The van der Waals surface area contributed by atoms with Gasteiger partial charge < -0.3 is 29.7 Å². The van der Waals surface area contributed by atoms with Gasteiger partial charge in [0, 0.05) is 38.8 Å². The Morgan fingerprint density at radius 2 is 1.78 bits per heavy atom. The fourth-order valence-corrected chi connectivity index (χ4v) is 5.09. The lowest BCUT2D eigenvalue weighted by Crippen LogP contribution is -2.44. The predicted molar refractivity (Wildman–Crippen MR) is 174 cm³/mol. The van der Waals surface area contributed by atoms with Crippen LogP contribution in [0.3, 0.4) is 0 Å². The second kappa shape index (κ2) is 18.1. The van der Waals surface area contributed by atoms with Crippen LogP contribution in [0.5, 0.6) is 0 Å². The summed E-state index contributed by atoms with van der Waals surface area (Å²) < 4.78 is 15.8. The predicted octanol–water partition coefficient (Wildman–Crippen LogP) is 4.39. The van der Waals surface area contributed by atoms with Gasteiger partial charge in [0.1, 0.15) is 24.1 Å². The first-order valence-corrected chi connectivity index (χ1v) is 16.0. The second-order valence-electron chi connectivity index (χ2n) is 12.4. The molecule has 3 amide bonds. The lowest BCUT2D eigenvalue weighted by atomic mass is 10.0. The number of alkyl carbamates (subject to hydrolysis) is 1. The van der Waals surface area contributed by atoms with Crippen LogP contribution in [0.25, 0.3) is 0 Å². The summed E-state index contributed by atoms with van der Waals surface area (Å²) >= 11 is 0. The van der Waals surface area contributed by atoms with Crippen LogP contribution in [0.2, 0.25) is 0 Å². The number of esters is 1. The molecule has 1 aliphatic heterocycles. The van der Waals surface area contributed by atoms with Gasteiger partial charge >= 0.3 is 18.2 Å². The van der Waals surface area contributed by atoms with Crippen LogP contribution >= 0.6 is 0 Å². The summed E-state index contributed by atoms with van der Waals surface area (Å²) in [5.74, 6) is 0.00471. The molecule has 1 aromatic carbocycles. The third-order valence-electron chi connectivity index (χ3n) is 7.39. The number of ether oxygens (including phenoxy) is 3. The van der Waals surface area contributed by atoms with Gasteiger partial charge in [0.2, 0.25) is 5.91 Å². The Hall–Kier alpha value is -4.19. The third kappa shape index (κ3) is 12.7. The van der Waals surface area contributed by atoms with Gasteiger partial charge in [-0.15, -0.1) is 0 Å². The van der Waals surface area contributed by atoms with Crippen LogP contribution in [-0.2, 0) is 43.2 Å². The molecule has 1 unspecified atom stereocenters. The lowest BCUT2D eigenvalue weighted by Gasteiger charge is -2.31. The largest absolute Gasteiger partial charge is 0.467 e. The average molecular weight is 640 g/mol. The molecule has 1 atom stereocenters. The van der Waals surface area contributed by atoms with Gasteiger partial charge in [-0.1, -0.05) is 36.4 Å². The van der Waals surface area contributed by atoms with E-state index in [0.29, 0.717) is 45.0 Å². The maximum absolute atomic E-state index is 12.8. The van der Waals surface area contributed by atoms with E-state index in [0.717, 1.165) is 48.9 Å². The molecule has 12 heteroatoms. The first kappa shape index (κ1) is 36.3. The number of benzene rings is 1. The SMILES string of the molecule is COC(=O)C(CCN(CCCCc1ccc2c(n1)N(C(=O)OC(C)(C)C)CCC2)CCNC(C)=O)NC(=O)OCc1ccccc1.